The van der Waals surface area contributed by atoms with E-state index in [-0.39, 0.29) is 41.4 Å². The first-order chi connectivity index (χ1) is 17.0. The van der Waals surface area contributed by atoms with Gasteiger partial charge in [-0.1, -0.05) is 0 Å². The molecule has 1 aromatic heterocycles. The molecule has 1 fully saturated rings. The number of carbonyl (C=O) groups excluding carboxylic acids is 1. The van der Waals surface area contributed by atoms with Gasteiger partial charge in [-0.15, -0.1) is 0 Å². The summed E-state index contributed by atoms with van der Waals surface area (Å²) in [5.41, 5.74) is 5.73. The zero-order valence-corrected chi connectivity index (χ0v) is 20.4. The lowest BCUT2D eigenvalue weighted by molar-refractivity contribution is -0.138. The lowest BCUT2D eigenvalue weighted by Gasteiger charge is -2.17. The molecule has 0 radical (unpaired) electrons. The Hall–Kier alpha value is -3.61. The highest BCUT2D eigenvalue weighted by molar-refractivity contribution is 7.92. The van der Waals surface area contributed by atoms with Crippen LogP contribution in [0.4, 0.5) is 10.2 Å². The number of ether oxygens (including phenoxy) is 3. The van der Waals surface area contributed by atoms with E-state index in [0.717, 1.165) is 0 Å². The Morgan fingerprint density at radius 2 is 1.78 bits per heavy atom. The van der Waals surface area contributed by atoms with E-state index < -0.39 is 21.7 Å². The van der Waals surface area contributed by atoms with E-state index in [2.05, 4.69) is 14.7 Å². The molecule has 0 spiro atoms. The predicted octanol–water partition coefficient (Wildman–Crippen LogP) is 3.46. The van der Waals surface area contributed by atoms with Crippen LogP contribution in [0.3, 0.4) is 0 Å². The van der Waals surface area contributed by atoms with Crippen molar-refractivity contribution in [2.75, 3.05) is 17.1 Å². The summed E-state index contributed by atoms with van der Waals surface area (Å²) in [5.74, 6) is -1.29. The van der Waals surface area contributed by atoms with Crippen LogP contribution in [0.2, 0.25) is 0 Å². The summed E-state index contributed by atoms with van der Waals surface area (Å²) < 4.78 is 57.5. The number of benzene rings is 2. The van der Waals surface area contributed by atoms with Gasteiger partial charge in [0, 0.05) is 11.6 Å². The van der Waals surface area contributed by atoms with Gasteiger partial charge in [0.25, 0.3) is 5.91 Å². The van der Waals surface area contributed by atoms with Gasteiger partial charge in [0.2, 0.25) is 10.0 Å². The Balaban J connectivity index is 1.49. The highest BCUT2D eigenvalue weighted by Gasteiger charge is 2.33. The zero-order valence-electron chi connectivity index (χ0n) is 19.6. The van der Waals surface area contributed by atoms with Crippen molar-refractivity contribution < 1.29 is 31.8 Å². The molecule has 0 aliphatic carbocycles. The summed E-state index contributed by atoms with van der Waals surface area (Å²) >= 11 is 0. The summed E-state index contributed by atoms with van der Waals surface area (Å²) in [6.07, 6.45) is -0.135. The van der Waals surface area contributed by atoms with E-state index in [1.807, 2.05) is 0 Å². The van der Waals surface area contributed by atoms with E-state index in [1.165, 1.54) is 30.3 Å². The van der Waals surface area contributed by atoms with Crippen molar-refractivity contribution in [1.29, 1.82) is 0 Å². The van der Waals surface area contributed by atoms with Crippen molar-refractivity contribution in [1.82, 2.24) is 9.97 Å². The minimum atomic E-state index is -3.82. The molecule has 1 aliphatic rings. The third-order valence-electron chi connectivity index (χ3n) is 5.18. The van der Waals surface area contributed by atoms with Gasteiger partial charge >= 0.3 is 0 Å². The van der Waals surface area contributed by atoms with Crippen LogP contribution in [-0.4, -0.2) is 48.5 Å². The summed E-state index contributed by atoms with van der Waals surface area (Å²) in [6, 6.07) is 13.3. The van der Waals surface area contributed by atoms with Crippen LogP contribution < -0.4 is 15.2 Å². The van der Waals surface area contributed by atoms with Crippen LogP contribution in [-0.2, 0) is 19.5 Å². The number of hydrogen-bond acceptors (Lipinski definition) is 8. The maximum Gasteiger partial charge on any atom is 0.267 e. The lowest BCUT2D eigenvalue weighted by Crippen LogP contribution is -2.25. The highest BCUT2D eigenvalue weighted by Crippen LogP contribution is 2.27. The SMILES string of the molecule is CC1(C)OCC(CCS(=O)(=O)Nc2cc(C(N)=O)nc(-c3ccc(Oc4ccc(F)cc4)cc3)n2)O1. The molecule has 2 heterocycles. The molecule has 3 aromatic rings. The van der Waals surface area contributed by atoms with Gasteiger partial charge in [0.15, 0.2) is 11.6 Å². The molecule has 2 aromatic carbocycles. The van der Waals surface area contributed by atoms with Crippen molar-refractivity contribution in [2.45, 2.75) is 32.2 Å². The molecule has 12 heteroatoms. The molecular formula is C24H25FN4O6S. The number of hydrogen-bond donors (Lipinski definition) is 2. The Kier molecular flexibility index (Phi) is 7.20. The molecule has 1 amide bonds. The molecule has 190 valence electrons. The topological polar surface area (TPSA) is 143 Å². The molecule has 0 bridgehead atoms. The van der Waals surface area contributed by atoms with E-state index in [9.17, 15) is 17.6 Å². The van der Waals surface area contributed by atoms with Crippen molar-refractivity contribution in [3.05, 3.63) is 66.1 Å². The molecule has 3 N–H and O–H groups in total. The average Bonchev–Trinajstić information content (AvgIpc) is 3.18. The Morgan fingerprint density at radius 1 is 1.14 bits per heavy atom. The number of aromatic nitrogens is 2. The van der Waals surface area contributed by atoms with Crippen molar-refractivity contribution in [3.8, 4) is 22.9 Å². The normalized spacial score (nSPS) is 17.0. The number of rotatable bonds is 9. The Morgan fingerprint density at radius 3 is 2.36 bits per heavy atom. The number of nitrogens with zero attached hydrogens (tertiary/aromatic N) is 2. The maximum atomic E-state index is 13.1. The monoisotopic (exact) mass is 516 g/mol. The molecule has 0 saturated carbocycles. The molecule has 36 heavy (non-hydrogen) atoms. The van der Waals surface area contributed by atoms with E-state index >= 15 is 0 Å². The summed E-state index contributed by atoms with van der Waals surface area (Å²) in [6.45, 7) is 3.82. The number of sulfonamides is 1. The summed E-state index contributed by atoms with van der Waals surface area (Å²) in [5, 5.41) is 0. The van der Waals surface area contributed by atoms with Crippen LogP contribution in [0.1, 0.15) is 30.8 Å². The van der Waals surface area contributed by atoms with Crippen LogP contribution in [0.15, 0.2) is 54.6 Å². The van der Waals surface area contributed by atoms with Crippen molar-refractivity contribution in [3.63, 3.8) is 0 Å². The fraction of sp³-hybridized carbons (Fsp3) is 0.292. The molecule has 4 rings (SSSR count). The first-order valence-electron chi connectivity index (χ1n) is 11.0. The number of anilines is 1. The van der Waals surface area contributed by atoms with Crippen molar-refractivity contribution >= 4 is 21.7 Å². The second-order valence-electron chi connectivity index (χ2n) is 8.57. The first-order valence-corrected chi connectivity index (χ1v) is 12.7. The minimum Gasteiger partial charge on any atom is -0.457 e. The van der Waals surface area contributed by atoms with Crippen LogP contribution in [0, 0.1) is 5.82 Å². The van der Waals surface area contributed by atoms with Gasteiger partial charge in [-0.25, -0.2) is 22.8 Å². The number of carbonyl (C=O) groups is 1. The second kappa shape index (κ2) is 10.2. The Bertz CT molecular complexity index is 1350. The van der Waals surface area contributed by atoms with Crippen LogP contribution >= 0.6 is 0 Å². The second-order valence-corrected chi connectivity index (χ2v) is 10.4. The number of nitrogens with two attached hydrogens (primary N) is 1. The number of amides is 1. The molecule has 1 unspecified atom stereocenters. The minimum absolute atomic E-state index is 0.0895. The number of primary amides is 1. The summed E-state index contributed by atoms with van der Waals surface area (Å²) in [7, 11) is -3.82. The fourth-order valence-electron chi connectivity index (χ4n) is 3.47. The van der Waals surface area contributed by atoms with E-state index in [1.54, 1.807) is 38.1 Å². The molecular weight excluding hydrogens is 491 g/mol. The number of nitrogens with one attached hydrogen (secondary N) is 1. The fourth-order valence-corrected chi connectivity index (χ4v) is 4.57. The summed E-state index contributed by atoms with van der Waals surface area (Å²) in [4.78, 5) is 20.2. The molecule has 10 nitrogen and oxygen atoms in total. The maximum absolute atomic E-state index is 13.1. The smallest absolute Gasteiger partial charge is 0.267 e. The van der Waals surface area contributed by atoms with E-state index in [0.29, 0.717) is 23.7 Å². The molecule has 1 saturated heterocycles. The van der Waals surface area contributed by atoms with Gasteiger partial charge in [-0.05, 0) is 68.8 Å². The zero-order chi connectivity index (χ0) is 25.9. The molecule has 1 atom stereocenters. The van der Waals surface area contributed by atoms with Gasteiger partial charge in [0.05, 0.1) is 18.5 Å². The van der Waals surface area contributed by atoms with Crippen molar-refractivity contribution in [2.24, 2.45) is 5.73 Å². The Labute approximate surface area is 207 Å². The van der Waals surface area contributed by atoms with Gasteiger partial charge in [0.1, 0.15) is 28.8 Å². The van der Waals surface area contributed by atoms with Gasteiger partial charge < -0.3 is 19.9 Å². The standard InChI is InChI=1S/C24H25FN4O6S/c1-24(2)33-14-19(35-24)11-12-36(31,32)29-21-13-20(22(26)30)27-23(28-21)15-3-7-17(8-4-15)34-18-9-5-16(25)6-10-18/h3-10,13,19H,11-12,14H2,1-2H3,(H2,26,30)(H,27,28,29). The van der Waals surface area contributed by atoms with Crippen LogP contribution in [0.5, 0.6) is 11.5 Å². The van der Waals surface area contributed by atoms with Crippen LogP contribution in [0.25, 0.3) is 11.4 Å². The largest absolute Gasteiger partial charge is 0.457 e. The number of halogens is 1. The first kappa shape index (κ1) is 25.5. The van der Waals surface area contributed by atoms with Gasteiger partial charge in [-0.2, -0.15) is 0 Å². The quantitative estimate of drug-likeness (QED) is 0.440. The van der Waals surface area contributed by atoms with Gasteiger partial charge in [-0.3, -0.25) is 9.52 Å². The average molecular weight is 517 g/mol. The van der Waals surface area contributed by atoms with E-state index in [4.69, 9.17) is 19.9 Å². The third kappa shape index (κ3) is 6.74. The lowest BCUT2D eigenvalue weighted by atomic mass is 10.2. The highest BCUT2D eigenvalue weighted by atomic mass is 32.2. The predicted molar refractivity (Wildman–Crippen MR) is 129 cm³/mol. The molecule has 1 aliphatic heterocycles. The third-order valence-corrected chi connectivity index (χ3v) is 6.47.